The van der Waals surface area contributed by atoms with Gasteiger partial charge in [0.05, 0.1) is 6.10 Å². The third-order valence-corrected chi connectivity index (χ3v) is 5.09. The Labute approximate surface area is 118 Å². The molecule has 0 bridgehead atoms. The fourth-order valence-electron chi connectivity index (χ4n) is 2.45. The summed E-state index contributed by atoms with van der Waals surface area (Å²) in [6, 6.07) is 3.42. The number of rotatable bonds is 4. The molecule has 0 heterocycles. The molecule has 4 N–H and O–H groups in total. The van der Waals surface area contributed by atoms with Gasteiger partial charge in [-0.25, -0.2) is 17.5 Å². The average Bonchev–Trinajstić information content (AvgIpc) is 2.40. The van der Waals surface area contributed by atoms with Crippen LogP contribution in [0.15, 0.2) is 23.1 Å². The lowest BCUT2D eigenvalue weighted by Crippen LogP contribution is -2.36. The van der Waals surface area contributed by atoms with Crippen molar-refractivity contribution < 1.29 is 17.9 Å². The van der Waals surface area contributed by atoms with E-state index in [9.17, 15) is 17.9 Å². The standard InChI is InChI=1S/C13H19FN2O3S/c14-11-6-5-10(15)7-13(11)20(18,19)16-8-9-3-1-2-4-12(9)17/h5-7,9,12,16-17H,1-4,8,15H2. The molecule has 0 amide bonds. The molecule has 0 radical (unpaired) electrons. The van der Waals surface area contributed by atoms with Gasteiger partial charge in [-0.3, -0.25) is 0 Å². The van der Waals surface area contributed by atoms with E-state index in [-0.39, 0.29) is 18.2 Å². The Morgan fingerprint density at radius 1 is 1.35 bits per heavy atom. The Bertz CT molecular complexity index is 577. The summed E-state index contributed by atoms with van der Waals surface area (Å²) in [6.45, 7) is 0.109. The zero-order valence-electron chi connectivity index (χ0n) is 11.0. The molecule has 1 aromatic rings. The van der Waals surface area contributed by atoms with Crippen LogP contribution >= 0.6 is 0 Å². The maximum Gasteiger partial charge on any atom is 0.243 e. The lowest BCUT2D eigenvalue weighted by molar-refractivity contribution is 0.0724. The average molecular weight is 302 g/mol. The quantitative estimate of drug-likeness (QED) is 0.730. The predicted octanol–water partition coefficient (Wildman–Crippen LogP) is 1.24. The molecule has 7 heteroatoms. The minimum Gasteiger partial charge on any atom is -0.399 e. The van der Waals surface area contributed by atoms with Gasteiger partial charge in [-0.2, -0.15) is 0 Å². The van der Waals surface area contributed by atoms with Crippen LogP contribution in [0.3, 0.4) is 0 Å². The Hall–Kier alpha value is -1.18. The second kappa shape index (κ2) is 6.07. The number of nitrogens with one attached hydrogen (secondary N) is 1. The molecule has 0 aromatic heterocycles. The number of hydrogen-bond donors (Lipinski definition) is 3. The second-order valence-electron chi connectivity index (χ2n) is 5.15. The van der Waals surface area contributed by atoms with Crippen LogP contribution in [0.2, 0.25) is 0 Å². The SMILES string of the molecule is Nc1ccc(F)c(S(=O)(=O)NCC2CCCCC2O)c1. The number of anilines is 1. The van der Waals surface area contributed by atoms with Crippen molar-refractivity contribution in [2.75, 3.05) is 12.3 Å². The molecular formula is C13H19FN2O3S. The van der Waals surface area contributed by atoms with E-state index in [0.29, 0.717) is 6.42 Å². The number of benzene rings is 1. The Kier molecular flexibility index (Phi) is 4.62. The summed E-state index contributed by atoms with van der Waals surface area (Å²) in [4.78, 5) is -0.456. The molecule has 1 aliphatic rings. The van der Waals surface area contributed by atoms with Crippen molar-refractivity contribution in [3.8, 4) is 0 Å². The molecule has 1 aliphatic carbocycles. The lowest BCUT2D eigenvalue weighted by Gasteiger charge is -2.27. The lowest BCUT2D eigenvalue weighted by atomic mass is 9.87. The van der Waals surface area contributed by atoms with Crippen molar-refractivity contribution in [1.29, 1.82) is 0 Å². The van der Waals surface area contributed by atoms with E-state index in [1.165, 1.54) is 6.07 Å². The summed E-state index contributed by atoms with van der Waals surface area (Å²) in [7, 11) is -3.95. The number of nitrogen functional groups attached to an aromatic ring is 1. The Morgan fingerprint density at radius 2 is 2.05 bits per heavy atom. The minimum atomic E-state index is -3.95. The van der Waals surface area contributed by atoms with E-state index in [4.69, 9.17) is 5.73 Å². The largest absolute Gasteiger partial charge is 0.399 e. The van der Waals surface area contributed by atoms with Crippen LogP contribution in [0.25, 0.3) is 0 Å². The van der Waals surface area contributed by atoms with Gasteiger partial charge in [0, 0.05) is 12.2 Å². The molecule has 2 atom stereocenters. The van der Waals surface area contributed by atoms with E-state index in [0.717, 1.165) is 31.4 Å². The highest BCUT2D eigenvalue weighted by molar-refractivity contribution is 7.89. The van der Waals surface area contributed by atoms with E-state index in [1.807, 2.05) is 0 Å². The number of aliphatic hydroxyl groups is 1. The van der Waals surface area contributed by atoms with E-state index in [2.05, 4.69) is 4.72 Å². The molecule has 1 saturated carbocycles. The molecule has 0 aliphatic heterocycles. The number of hydrogen-bond acceptors (Lipinski definition) is 4. The second-order valence-corrected chi connectivity index (χ2v) is 6.89. The summed E-state index contributed by atoms with van der Waals surface area (Å²) < 4.78 is 40.1. The van der Waals surface area contributed by atoms with Crippen LogP contribution in [0.4, 0.5) is 10.1 Å². The molecule has 1 fully saturated rings. The molecule has 5 nitrogen and oxygen atoms in total. The van der Waals surface area contributed by atoms with Crippen LogP contribution in [0, 0.1) is 11.7 Å². The molecule has 1 aromatic carbocycles. The molecule has 2 rings (SSSR count). The van der Waals surface area contributed by atoms with E-state index >= 15 is 0 Å². The van der Waals surface area contributed by atoms with Crippen LogP contribution in [-0.4, -0.2) is 26.2 Å². The highest BCUT2D eigenvalue weighted by Gasteiger charge is 2.26. The Balaban J connectivity index is 2.09. The first-order valence-corrected chi connectivity index (χ1v) is 8.11. The van der Waals surface area contributed by atoms with Gasteiger partial charge in [-0.15, -0.1) is 0 Å². The van der Waals surface area contributed by atoms with Gasteiger partial charge in [0.2, 0.25) is 10.0 Å². The third kappa shape index (κ3) is 3.47. The normalized spacial score (nSPS) is 23.7. The van der Waals surface area contributed by atoms with Crippen LogP contribution in [0.1, 0.15) is 25.7 Å². The summed E-state index contributed by atoms with van der Waals surface area (Å²) in [5, 5.41) is 9.81. The van der Waals surface area contributed by atoms with Gasteiger partial charge in [0.1, 0.15) is 10.7 Å². The van der Waals surface area contributed by atoms with Crippen LogP contribution < -0.4 is 10.5 Å². The molecule has 2 unspecified atom stereocenters. The molecule has 0 saturated heterocycles. The van der Waals surface area contributed by atoms with Gasteiger partial charge in [0.15, 0.2) is 0 Å². The van der Waals surface area contributed by atoms with Crippen molar-refractivity contribution in [3.05, 3.63) is 24.0 Å². The van der Waals surface area contributed by atoms with Crippen molar-refractivity contribution in [3.63, 3.8) is 0 Å². The van der Waals surface area contributed by atoms with E-state index in [1.54, 1.807) is 0 Å². The van der Waals surface area contributed by atoms with E-state index < -0.39 is 26.8 Å². The molecular weight excluding hydrogens is 283 g/mol. The van der Waals surface area contributed by atoms with Gasteiger partial charge in [0.25, 0.3) is 0 Å². The molecule has 0 spiro atoms. The Morgan fingerprint density at radius 3 is 2.75 bits per heavy atom. The molecule has 112 valence electrons. The van der Waals surface area contributed by atoms with Crippen LogP contribution in [0.5, 0.6) is 0 Å². The zero-order valence-corrected chi connectivity index (χ0v) is 11.9. The maximum atomic E-state index is 13.6. The summed E-state index contributed by atoms with van der Waals surface area (Å²) in [5.41, 5.74) is 5.67. The predicted molar refractivity (Wildman–Crippen MR) is 74.0 cm³/mol. The highest BCUT2D eigenvalue weighted by Crippen LogP contribution is 2.24. The highest BCUT2D eigenvalue weighted by atomic mass is 32.2. The molecule has 20 heavy (non-hydrogen) atoms. The fraction of sp³-hybridized carbons (Fsp3) is 0.538. The van der Waals surface area contributed by atoms with Crippen molar-refractivity contribution in [2.45, 2.75) is 36.7 Å². The van der Waals surface area contributed by atoms with Crippen molar-refractivity contribution in [2.24, 2.45) is 5.92 Å². The summed E-state index contributed by atoms with van der Waals surface area (Å²) in [6.07, 6.45) is 2.86. The van der Waals surface area contributed by atoms with Crippen molar-refractivity contribution >= 4 is 15.7 Å². The first-order chi connectivity index (χ1) is 9.40. The number of halogens is 1. The first kappa shape index (κ1) is 15.2. The number of aliphatic hydroxyl groups excluding tert-OH is 1. The topological polar surface area (TPSA) is 92.4 Å². The van der Waals surface area contributed by atoms with Gasteiger partial charge >= 0.3 is 0 Å². The third-order valence-electron chi connectivity index (χ3n) is 3.65. The van der Waals surface area contributed by atoms with Crippen LogP contribution in [-0.2, 0) is 10.0 Å². The van der Waals surface area contributed by atoms with Gasteiger partial charge in [-0.1, -0.05) is 12.8 Å². The van der Waals surface area contributed by atoms with Gasteiger partial charge in [-0.05, 0) is 37.0 Å². The van der Waals surface area contributed by atoms with Gasteiger partial charge < -0.3 is 10.8 Å². The number of nitrogens with two attached hydrogens (primary N) is 1. The summed E-state index contributed by atoms with van der Waals surface area (Å²) in [5.74, 6) is -0.960. The fourth-order valence-corrected chi connectivity index (χ4v) is 3.65. The monoisotopic (exact) mass is 302 g/mol. The minimum absolute atomic E-state index is 0.109. The van der Waals surface area contributed by atoms with Crippen molar-refractivity contribution in [1.82, 2.24) is 4.72 Å². The number of sulfonamides is 1. The summed E-state index contributed by atoms with van der Waals surface area (Å²) >= 11 is 0. The smallest absolute Gasteiger partial charge is 0.243 e. The maximum absolute atomic E-state index is 13.6. The first-order valence-electron chi connectivity index (χ1n) is 6.63. The zero-order chi connectivity index (χ0) is 14.8.